The molecule has 1 atom stereocenters. The summed E-state index contributed by atoms with van der Waals surface area (Å²) in [5.41, 5.74) is 5.34. The second kappa shape index (κ2) is 6.66. The number of aryl methyl sites for hydroxylation is 1. The van der Waals surface area contributed by atoms with Gasteiger partial charge in [-0.3, -0.25) is 9.78 Å². The fraction of sp³-hybridized carbons (Fsp3) is 0.250. The number of nitrogens with two attached hydrogens (primary N) is 1. The largest absolute Gasteiger partial charge is 0.473 e. The number of halogens is 1. The van der Waals surface area contributed by atoms with Gasteiger partial charge in [-0.25, -0.2) is 19.3 Å². The van der Waals surface area contributed by atoms with Crippen LogP contribution in [0.5, 0.6) is 5.88 Å². The summed E-state index contributed by atoms with van der Waals surface area (Å²) in [7, 11) is 0. The summed E-state index contributed by atoms with van der Waals surface area (Å²) in [6.45, 7) is 3.77. The van der Waals surface area contributed by atoms with E-state index in [2.05, 4.69) is 15.0 Å². The predicted octanol–water partition coefficient (Wildman–Crippen LogP) is 1.16. The van der Waals surface area contributed by atoms with Gasteiger partial charge in [-0.2, -0.15) is 0 Å². The molecule has 0 bridgehead atoms. The van der Waals surface area contributed by atoms with Crippen molar-refractivity contribution in [2.24, 2.45) is 5.73 Å². The van der Waals surface area contributed by atoms with Crippen molar-refractivity contribution in [1.29, 1.82) is 0 Å². The number of fused-ring (bicyclic) bond motifs is 1. The number of hydrogen-bond donors (Lipinski definition) is 2. The first-order valence-corrected chi connectivity index (χ1v) is 7.94. The number of aromatic nitrogens is 4. The first-order chi connectivity index (χ1) is 11.9. The average molecular weight is 362 g/mol. The first kappa shape index (κ1) is 17.1. The maximum atomic E-state index is 12.5. The highest BCUT2D eigenvalue weighted by Gasteiger charge is 2.19. The van der Waals surface area contributed by atoms with Crippen LogP contribution in [0.2, 0.25) is 5.15 Å². The van der Waals surface area contributed by atoms with Crippen molar-refractivity contribution in [3.63, 3.8) is 0 Å². The third-order valence-corrected chi connectivity index (χ3v) is 3.86. The minimum absolute atomic E-state index is 0.0176. The van der Waals surface area contributed by atoms with E-state index in [1.165, 1.54) is 10.6 Å². The van der Waals surface area contributed by atoms with E-state index in [4.69, 9.17) is 22.1 Å². The van der Waals surface area contributed by atoms with Gasteiger partial charge in [0.05, 0.1) is 5.52 Å². The maximum Gasteiger partial charge on any atom is 0.334 e. The Morgan fingerprint density at radius 2 is 2.20 bits per heavy atom. The molecule has 8 nitrogen and oxygen atoms in total. The molecule has 0 amide bonds. The van der Waals surface area contributed by atoms with Gasteiger partial charge in [0.25, 0.3) is 5.56 Å². The van der Waals surface area contributed by atoms with Crippen molar-refractivity contribution in [3.8, 4) is 11.7 Å². The third-order valence-electron chi connectivity index (χ3n) is 3.66. The summed E-state index contributed by atoms with van der Waals surface area (Å²) >= 11 is 6.08. The zero-order valence-electron chi connectivity index (χ0n) is 13.6. The Hall–Kier alpha value is -2.71. The van der Waals surface area contributed by atoms with Gasteiger partial charge in [-0.1, -0.05) is 17.7 Å². The summed E-state index contributed by atoms with van der Waals surface area (Å²) in [5, 5.41) is 0.188. The summed E-state index contributed by atoms with van der Waals surface area (Å²) < 4.78 is 6.90. The van der Waals surface area contributed by atoms with Gasteiger partial charge in [-0.15, -0.1) is 0 Å². The number of aromatic amines is 1. The second-order valence-corrected chi connectivity index (χ2v) is 5.93. The molecule has 130 valence electrons. The fourth-order valence-electron chi connectivity index (χ4n) is 2.44. The lowest BCUT2D eigenvalue weighted by Crippen LogP contribution is -2.31. The zero-order chi connectivity index (χ0) is 18.1. The molecule has 0 aliphatic heterocycles. The first-order valence-electron chi connectivity index (χ1n) is 7.56. The van der Waals surface area contributed by atoms with Crippen LogP contribution in [0.3, 0.4) is 0 Å². The Morgan fingerprint density at radius 1 is 1.44 bits per heavy atom. The van der Waals surface area contributed by atoms with Crippen LogP contribution in [-0.4, -0.2) is 32.2 Å². The van der Waals surface area contributed by atoms with Crippen molar-refractivity contribution in [3.05, 3.63) is 56.0 Å². The van der Waals surface area contributed by atoms with E-state index in [0.717, 1.165) is 5.56 Å². The highest BCUT2D eigenvalue weighted by atomic mass is 35.5. The summed E-state index contributed by atoms with van der Waals surface area (Å²) in [5.74, 6) is 0.401. The Kier molecular flexibility index (Phi) is 4.56. The molecule has 3 aromatic heterocycles. The van der Waals surface area contributed by atoms with Crippen LogP contribution in [0, 0.1) is 6.92 Å². The number of ether oxygens (including phenoxy) is 1. The van der Waals surface area contributed by atoms with Crippen molar-refractivity contribution in [1.82, 2.24) is 19.5 Å². The van der Waals surface area contributed by atoms with E-state index in [0.29, 0.717) is 5.82 Å². The molecule has 25 heavy (non-hydrogen) atoms. The molecule has 0 fully saturated rings. The maximum absolute atomic E-state index is 12.5. The monoisotopic (exact) mass is 361 g/mol. The van der Waals surface area contributed by atoms with E-state index in [1.54, 1.807) is 19.2 Å². The second-order valence-electron chi connectivity index (χ2n) is 5.55. The molecule has 0 aliphatic carbocycles. The molecule has 3 aromatic rings. The molecule has 0 saturated heterocycles. The number of nitrogens with one attached hydrogen (secondary N) is 1. The lowest BCUT2D eigenvalue weighted by Gasteiger charge is -2.15. The molecule has 0 radical (unpaired) electrons. The van der Waals surface area contributed by atoms with Gasteiger partial charge >= 0.3 is 5.69 Å². The van der Waals surface area contributed by atoms with E-state index < -0.39 is 11.2 Å². The molecule has 0 aliphatic rings. The molecular weight excluding hydrogens is 346 g/mol. The summed E-state index contributed by atoms with van der Waals surface area (Å²) in [6.07, 6.45) is 1.17. The number of rotatable bonds is 4. The van der Waals surface area contributed by atoms with Crippen LogP contribution in [0.15, 0.2) is 34.0 Å². The fourth-order valence-corrected chi connectivity index (χ4v) is 2.62. The van der Waals surface area contributed by atoms with Gasteiger partial charge in [0.1, 0.15) is 22.5 Å². The van der Waals surface area contributed by atoms with Crippen LogP contribution in [0.1, 0.15) is 12.5 Å². The van der Waals surface area contributed by atoms with Crippen molar-refractivity contribution >= 4 is 22.5 Å². The number of nitrogens with zero attached hydrogens (tertiary/aromatic N) is 3. The van der Waals surface area contributed by atoms with E-state index in [9.17, 15) is 9.59 Å². The minimum atomic E-state index is -0.626. The summed E-state index contributed by atoms with van der Waals surface area (Å²) in [4.78, 5) is 35.4. The minimum Gasteiger partial charge on any atom is -0.473 e. The number of pyridine rings is 2. The number of H-pyrrole nitrogens is 1. The Balaban J connectivity index is 2.42. The average Bonchev–Trinajstić information content (AvgIpc) is 2.55. The van der Waals surface area contributed by atoms with Crippen LogP contribution in [0.25, 0.3) is 16.7 Å². The standard InChI is InChI=1S/C16H16ClN5O3/c1-8-4-3-5-19-13(8)22-10-6-11(17)20-15(25-9(2)7-18)12(10)14(23)21-16(22)24/h3-6,9H,7,18H2,1-2H3,(H,21,23,24). The van der Waals surface area contributed by atoms with Gasteiger partial charge in [-0.05, 0) is 25.5 Å². The van der Waals surface area contributed by atoms with Gasteiger partial charge < -0.3 is 10.5 Å². The predicted molar refractivity (Wildman–Crippen MR) is 94.6 cm³/mol. The smallest absolute Gasteiger partial charge is 0.334 e. The van der Waals surface area contributed by atoms with Crippen LogP contribution < -0.4 is 21.7 Å². The molecular formula is C16H16ClN5O3. The molecule has 1 unspecified atom stereocenters. The van der Waals surface area contributed by atoms with E-state index in [1.807, 2.05) is 13.0 Å². The lowest BCUT2D eigenvalue weighted by molar-refractivity contribution is 0.223. The van der Waals surface area contributed by atoms with E-state index in [-0.39, 0.29) is 34.6 Å². The zero-order valence-corrected chi connectivity index (χ0v) is 14.4. The lowest BCUT2D eigenvalue weighted by atomic mass is 10.2. The Morgan fingerprint density at radius 3 is 2.88 bits per heavy atom. The molecule has 9 heteroatoms. The molecule has 3 rings (SSSR count). The van der Waals surface area contributed by atoms with Crippen LogP contribution >= 0.6 is 11.6 Å². The topological polar surface area (TPSA) is 116 Å². The van der Waals surface area contributed by atoms with E-state index >= 15 is 0 Å². The molecule has 0 spiro atoms. The van der Waals surface area contributed by atoms with Crippen LogP contribution in [-0.2, 0) is 0 Å². The highest BCUT2D eigenvalue weighted by Crippen LogP contribution is 2.25. The van der Waals surface area contributed by atoms with Gasteiger partial charge in [0, 0.05) is 18.8 Å². The summed E-state index contributed by atoms with van der Waals surface area (Å²) in [6, 6.07) is 4.99. The molecule has 3 heterocycles. The Labute approximate surface area is 147 Å². The van der Waals surface area contributed by atoms with Gasteiger partial charge in [0.15, 0.2) is 0 Å². The Bertz CT molecular complexity index is 1060. The number of hydrogen-bond acceptors (Lipinski definition) is 6. The molecule has 3 N–H and O–H groups in total. The quantitative estimate of drug-likeness (QED) is 0.673. The van der Waals surface area contributed by atoms with Gasteiger partial charge in [0.2, 0.25) is 5.88 Å². The van der Waals surface area contributed by atoms with Crippen LogP contribution in [0.4, 0.5) is 0 Å². The SMILES string of the molecule is Cc1cccnc1-n1c(=O)[nH]c(=O)c2c(OC(C)CN)nc(Cl)cc21. The highest BCUT2D eigenvalue weighted by molar-refractivity contribution is 6.30. The third kappa shape index (κ3) is 3.13. The van der Waals surface area contributed by atoms with Crippen molar-refractivity contribution in [2.45, 2.75) is 20.0 Å². The normalized spacial score (nSPS) is 12.3. The molecule has 0 aromatic carbocycles. The van der Waals surface area contributed by atoms with Crippen molar-refractivity contribution < 1.29 is 4.74 Å². The van der Waals surface area contributed by atoms with Crippen molar-refractivity contribution in [2.75, 3.05) is 6.54 Å². The molecule has 0 saturated carbocycles.